The van der Waals surface area contributed by atoms with Gasteiger partial charge in [-0.2, -0.15) is 10.1 Å². The molecule has 19 heavy (non-hydrogen) atoms. The lowest BCUT2D eigenvalue weighted by atomic mass is 9.79. The van der Waals surface area contributed by atoms with E-state index in [1.54, 1.807) is 0 Å². The Hall–Kier alpha value is -2.25. The van der Waals surface area contributed by atoms with Crippen molar-refractivity contribution < 1.29 is 14.4 Å². The van der Waals surface area contributed by atoms with Gasteiger partial charge in [0, 0.05) is 6.42 Å². The number of carboxylic acid groups (broad SMARTS) is 1. The third-order valence-electron chi connectivity index (χ3n) is 3.39. The van der Waals surface area contributed by atoms with Crippen molar-refractivity contribution in [2.24, 2.45) is 5.41 Å². The molecule has 0 unspecified atom stereocenters. The summed E-state index contributed by atoms with van der Waals surface area (Å²) >= 11 is 0. The second-order valence-electron chi connectivity index (χ2n) is 4.32. The smallest absolute Gasteiger partial charge is 0.310 e. The lowest BCUT2D eigenvalue weighted by Gasteiger charge is -2.24. The van der Waals surface area contributed by atoms with Crippen LogP contribution in [0, 0.1) is 5.41 Å². The third kappa shape index (κ3) is 2.47. The van der Waals surface area contributed by atoms with Crippen molar-refractivity contribution in [1.82, 2.24) is 25.3 Å². The number of carboxylic acids is 1. The Bertz CT molecular complexity index is 544. The van der Waals surface area contributed by atoms with E-state index in [1.807, 2.05) is 13.8 Å². The fourth-order valence-electron chi connectivity index (χ4n) is 1.90. The van der Waals surface area contributed by atoms with Gasteiger partial charge in [-0.25, -0.2) is 4.98 Å². The first-order valence-electron chi connectivity index (χ1n) is 6.03. The van der Waals surface area contributed by atoms with E-state index in [-0.39, 0.29) is 18.1 Å². The molecule has 0 fully saturated rings. The summed E-state index contributed by atoms with van der Waals surface area (Å²) in [4.78, 5) is 19.4. The summed E-state index contributed by atoms with van der Waals surface area (Å²) in [5.74, 6) is 0.109. The zero-order valence-corrected chi connectivity index (χ0v) is 10.8. The third-order valence-corrected chi connectivity index (χ3v) is 3.39. The van der Waals surface area contributed by atoms with Crippen molar-refractivity contribution in [3.8, 4) is 11.6 Å². The normalized spacial score (nSPS) is 11.7. The van der Waals surface area contributed by atoms with Gasteiger partial charge in [-0.3, -0.25) is 9.89 Å². The standard InChI is InChI=1S/C11H15N5O3/c1-3-11(4-2,10(17)18)5-7-14-9(16-19-7)8-12-6-13-15-8/h6H,3-5H2,1-2H3,(H,17,18)(H,12,13,15). The Morgan fingerprint density at radius 1 is 1.47 bits per heavy atom. The van der Waals surface area contributed by atoms with Gasteiger partial charge in [-0.05, 0) is 12.8 Å². The zero-order valence-electron chi connectivity index (χ0n) is 10.8. The number of aromatic amines is 1. The van der Waals surface area contributed by atoms with Gasteiger partial charge in [0.15, 0.2) is 5.82 Å². The largest absolute Gasteiger partial charge is 0.481 e. The first-order chi connectivity index (χ1) is 9.11. The van der Waals surface area contributed by atoms with E-state index in [1.165, 1.54) is 6.33 Å². The van der Waals surface area contributed by atoms with Crippen molar-refractivity contribution in [3.63, 3.8) is 0 Å². The van der Waals surface area contributed by atoms with Gasteiger partial charge < -0.3 is 9.63 Å². The predicted octanol–water partition coefficient (Wildman–Crippen LogP) is 1.29. The maximum Gasteiger partial charge on any atom is 0.310 e. The summed E-state index contributed by atoms with van der Waals surface area (Å²) in [6, 6.07) is 0. The van der Waals surface area contributed by atoms with Gasteiger partial charge in [-0.15, -0.1) is 0 Å². The molecule has 2 heterocycles. The molecule has 102 valence electrons. The van der Waals surface area contributed by atoms with Crippen LogP contribution < -0.4 is 0 Å². The Kier molecular flexibility index (Phi) is 3.59. The summed E-state index contributed by atoms with van der Waals surface area (Å²) in [7, 11) is 0. The molecular formula is C11H15N5O3. The first-order valence-corrected chi connectivity index (χ1v) is 6.03. The minimum absolute atomic E-state index is 0.205. The van der Waals surface area contributed by atoms with Crippen LogP contribution in [-0.2, 0) is 11.2 Å². The number of aromatic nitrogens is 5. The number of H-pyrrole nitrogens is 1. The number of hydrogen-bond donors (Lipinski definition) is 2. The van der Waals surface area contributed by atoms with Crippen LogP contribution in [0.1, 0.15) is 32.6 Å². The number of hydrogen-bond acceptors (Lipinski definition) is 6. The second kappa shape index (κ2) is 5.17. The van der Waals surface area contributed by atoms with Crippen molar-refractivity contribution in [3.05, 3.63) is 12.2 Å². The molecule has 0 amide bonds. The molecule has 0 aliphatic rings. The lowest BCUT2D eigenvalue weighted by Crippen LogP contribution is -2.32. The fourth-order valence-corrected chi connectivity index (χ4v) is 1.90. The number of carbonyl (C=O) groups is 1. The first kappa shape index (κ1) is 13.2. The molecular weight excluding hydrogens is 250 g/mol. The van der Waals surface area contributed by atoms with Gasteiger partial charge in [0.1, 0.15) is 6.33 Å². The van der Waals surface area contributed by atoms with Gasteiger partial charge in [0.2, 0.25) is 11.7 Å². The van der Waals surface area contributed by atoms with Crippen molar-refractivity contribution in [1.29, 1.82) is 0 Å². The summed E-state index contributed by atoms with van der Waals surface area (Å²) < 4.78 is 5.09. The Labute approximate surface area is 109 Å². The molecule has 0 aliphatic heterocycles. The highest BCUT2D eigenvalue weighted by atomic mass is 16.5. The maximum atomic E-state index is 11.4. The number of rotatable bonds is 6. The Morgan fingerprint density at radius 3 is 2.74 bits per heavy atom. The average Bonchev–Trinajstić information content (AvgIpc) is 3.06. The van der Waals surface area contributed by atoms with E-state index in [9.17, 15) is 9.90 Å². The lowest BCUT2D eigenvalue weighted by molar-refractivity contribution is -0.149. The second-order valence-corrected chi connectivity index (χ2v) is 4.32. The van der Waals surface area contributed by atoms with Gasteiger partial charge >= 0.3 is 5.97 Å². The molecule has 2 aromatic rings. The average molecular weight is 265 g/mol. The summed E-state index contributed by atoms with van der Waals surface area (Å²) in [5, 5.41) is 19.4. The van der Waals surface area contributed by atoms with Crippen LogP contribution in [0.15, 0.2) is 10.9 Å². The molecule has 2 aromatic heterocycles. The van der Waals surface area contributed by atoms with E-state index in [0.29, 0.717) is 18.7 Å². The molecule has 0 saturated heterocycles. The Morgan fingerprint density at radius 2 is 2.21 bits per heavy atom. The van der Waals surface area contributed by atoms with Crippen molar-refractivity contribution in [2.75, 3.05) is 0 Å². The van der Waals surface area contributed by atoms with Crippen LogP contribution in [0.25, 0.3) is 11.6 Å². The van der Waals surface area contributed by atoms with Crippen LogP contribution in [0.5, 0.6) is 0 Å². The van der Waals surface area contributed by atoms with E-state index in [4.69, 9.17) is 4.52 Å². The van der Waals surface area contributed by atoms with Crippen molar-refractivity contribution >= 4 is 5.97 Å². The minimum Gasteiger partial charge on any atom is -0.481 e. The maximum absolute atomic E-state index is 11.4. The van der Waals surface area contributed by atoms with E-state index in [0.717, 1.165) is 0 Å². The molecule has 0 saturated carbocycles. The van der Waals surface area contributed by atoms with E-state index < -0.39 is 11.4 Å². The predicted molar refractivity (Wildman–Crippen MR) is 64.0 cm³/mol. The van der Waals surface area contributed by atoms with Crippen LogP contribution in [0.2, 0.25) is 0 Å². The van der Waals surface area contributed by atoms with E-state index >= 15 is 0 Å². The summed E-state index contributed by atoms with van der Waals surface area (Å²) in [5.41, 5.74) is -0.870. The minimum atomic E-state index is -0.870. The van der Waals surface area contributed by atoms with Crippen LogP contribution in [-0.4, -0.2) is 36.4 Å². The molecule has 8 nitrogen and oxygen atoms in total. The molecule has 0 bridgehead atoms. The van der Waals surface area contributed by atoms with Gasteiger partial charge in [0.05, 0.1) is 5.41 Å². The van der Waals surface area contributed by atoms with E-state index in [2.05, 4.69) is 25.3 Å². The van der Waals surface area contributed by atoms with Crippen LogP contribution in [0.3, 0.4) is 0 Å². The zero-order chi connectivity index (χ0) is 13.9. The highest BCUT2D eigenvalue weighted by Gasteiger charge is 2.37. The summed E-state index contributed by atoms with van der Waals surface area (Å²) in [6.45, 7) is 3.68. The molecule has 0 aliphatic carbocycles. The number of nitrogens with zero attached hydrogens (tertiary/aromatic N) is 4. The highest BCUT2D eigenvalue weighted by molar-refractivity contribution is 5.74. The van der Waals surface area contributed by atoms with Crippen LogP contribution >= 0.6 is 0 Å². The molecule has 2 rings (SSSR count). The molecule has 2 N–H and O–H groups in total. The molecule has 0 radical (unpaired) electrons. The van der Waals surface area contributed by atoms with Gasteiger partial charge in [0.25, 0.3) is 0 Å². The fraction of sp³-hybridized carbons (Fsp3) is 0.545. The Balaban J connectivity index is 2.22. The molecule has 0 spiro atoms. The molecule has 0 aromatic carbocycles. The highest BCUT2D eigenvalue weighted by Crippen LogP contribution is 2.31. The summed E-state index contributed by atoms with van der Waals surface area (Å²) in [6.07, 6.45) is 2.54. The topological polar surface area (TPSA) is 118 Å². The number of aliphatic carboxylic acids is 1. The molecule has 0 atom stereocenters. The van der Waals surface area contributed by atoms with Crippen molar-refractivity contribution in [2.45, 2.75) is 33.1 Å². The van der Waals surface area contributed by atoms with Crippen LogP contribution in [0.4, 0.5) is 0 Å². The molecule has 8 heteroatoms. The quantitative estimate of drug-likeness (QED) is 0.807. The number of nitrogens with one attached hydrogen (secondary N) is 1. The monoisotopic (exact) mass is 265 g/mol. The van der Waals surface area contributed by atoms with Gasteiger partial charge in [-0.1, -0.05) is 19.0 Å². The SMILES string of the molecule is CCC(CC)(Cc1nc(-c2ncn[nH]2)no1)C(=O)O.